The molecule has 0 radical (unpaired) electrons. The molecule has 0 aliphatic rings. The molecule has 0 saturated heterocycles. The molecule has 10 heteroatoms. The van der Waals surface area contributed by atoms with Crippen molar-refractivity contribution in [1.82, 2.24) is 25.4 Å². The predicted octanol–water partition coefficient (Wildman–Crippen LogP) is 6.42. The summed E-state index contributed by atoms with van der Waals surface area (Å²) in [7, 11) is 0. The molecule has 1 aromatic heterocycles. The lowest BCUT2D eigenvalue weighted by Gasteiger charge is -2.19. The maximum Gasteiger partial charge on any atom is 0.333 e. The van der Waals surface area contributed by atoms with Crippen LogP contribution in [-0.2, 0) is 0 Å². The number of hydrogen-bond acceptors (Lipinski definition) is 7. The van der Waals surface area contributed by atoms with E-state index in [2.05, 4.69) is 44.7 Å². The van der Waals surface area contributed by atoms with Gasteiger partial charge in [-0.1, -0.05) is 103 Å². The third kappa shape index (κ3) is 13.8. The molecule has 1 aromatic carbocycles. The summed E-state index contributed by atoms with van der Waals surface area (Å²) >= 11 is 1.13. The lowest BCUT2D eigenvalue weighted by molar-refractivity contribution is 0.0944. The van der Waals surface area contributed by atoms with Crippen molar-refractivity contribution >= 4 is 28.6 Å². The number of nitrogens with one attached hydrogen (secondary N) is 4. The van der Waals surface area contributed by atoms with Gasteiger partial charge >= 0.3 is 6.03 Å². The second kappa shape index (κ2) is 20.2. The van der Waals surface area contributed by atoms with Gasteiger partial charge in [-0.15, -0.1) is 0 Å². The van der Waals surface area contributed by atoms with Crippen molar-refractivity contribution < 1.29 is 14.7 Å². The molecule has 3 amide bonds. The van der Waals surface area contributed by atoms with Crippen molar-refractivity contribution in [2.24, 2.45) is 0 Å². The number of aromatic nitrogens is 2. The number of hydrazine groups is 1. The first kappa shape index (κ1) is 32.5. The Morgan fingerprint density at radius 1 is 0.923 bits per heavy atom. The molecule has 9 nitrogen and oxygen atoms in total. The van der Waals surface area contributed by atoms with E-state index in [4.69, 9.17) is 5.11 Å². The molecule has 0 spiro atoms. The average Bonchev–Trinajstić information content (AvgIpc) is 3.43. The number of rotatable bonds is 21. The summed E-state index contributed by atoms with van der Waals surface area (Å²) in [5, 5.41) is 15.1. The standard InChI is InChI=1S/C29H48N6O3S/c1-3-5-7-9-11-13-18-25(19-14-12-10-8-6-4-2)31-28(38)33-34-29-32-26(35-39-29)23-16-15-17-24(22-23)27(37)30-20-21-36/h15-17,22,25,36H,3-14,18-21H2,1-2H3,(H,30,37)(H2,31,33,38)(H,32,34,35). The molecule has 0 atom stereocenters. The van der Waals surface area contributed by atoms with Crippen LogP contribution in [0.3, 0.4) is 0 Å². The molecule has 0 aliphatic heterocycles. The summed E-state index contributed by atoms with van der Waals surface area (Å²) < 4.78 is 4.35. The van der Waals surface area contributed by atoms with Gasteiger partial charge in [0.25, 0.3) is 5.91 Å². The Morgan fingerprint density at radius 3 is 2.21 bits per heavy atom. The quantitative estimate of drug-likeness (QED) is 0.0885. The molecule has 0 bridgehead atoms. The first-order chi connectivity index (χ1) is 19.1. The van der Waals surface area contributed by atoms with Crippen molar-refractivity contribution in [1.29, 1.82) is 0 Å². The maximum atomic E-state index is 12.7. The Balaban J connectivity index is 1.83. The first-order valence-corrected chi connectivity index (χ1v) is 15.5. The summed E-state index contributed by atoms with van der Waals surface area (Å²) in [6.45, 7) is 4.54. The van der Waals surface area contributed by atoms with Gasteiger partial charge in [0, 0.05) is 35.2 Å². The van der Waals surface area contributed by atoms with Gasteiger partial charge in [0.2, 0.25) is 5.13 Å². The summed E-state index contributed by atoms with van der Waals surface area (Å²) in [5.74, 6) is 0.194. The lowest BCUT2D eigenvalue weighted by atomic mass is 10.00. The van der Waals surface area contributed by atoms with Gasteiger partial charge < -0.3 is 15.7 Å². The number of aliphatic hydroxyl groups excluding tert-OH is 1. The van der Waals surface area contributed by atoms with E-state index in [1.54, 1.807) is 18.2 Å². The number of amides is 3. The number of nitrogens with zero attached hydrogens (tertiary/aromatic N) is 2. The van der Waals surface area contributed by atoms with E-state index in [0.717, 1.165) is 37.2 Å². The number of aliphatic hydroxyl groups is 1. The zero-order valence-electron chi connectivity index (χ0n) is 23.8. The molecule has 0 unspecified atom stereocenters. The van der Waals surface area contributed by atoms with E-state index in [1.807, 2.05) is 6.07 Å². The maximum absolute atomic E-state index is 12.7. The lowest BCUT2D eigenvalue weighted by Crippen LogP contribution is -2.44. The second-order valence-electron chi connectivity index (χ2n) is 10.0. The number of carbonyl (C=O) groups is 2. The molecule has 39 heavy (non-hydrogen) atoms. The van der Waals surface area contributed by atoms with E-state index in [9.17, 15) is 9.59 Å². The van der Waals surface area contributed by atoms with Gasteiger partial charge in [-0.2, -0.15) is 9.36 Å². The number of carbonyl (C=O) groups excluding carboxylic acids is 2. The number of hydrogen-bond donors (Lipinski definition) is 5. The van der Waals surface area contributed by atoms with Gasteiger partial charge in [0.15, 0.2) is 5.82 Å². The highest BCUT2D eigenvalue weighted by Gasteiger charge is 2.14. The molecule has 1 heterocycles. The van der Waals surface area contributed by atoms with Crippen LogP contribution in [-0.4, -0.2) is 45.6 Å². The Morgan fingerprint density at radius 2 is 1.56 bits per heavy atom. The Labute approximate surface area is 238 Å². The summed E-state index contributed by atoms with van der Waals surface area (Å²) in [6, 6.07) is 6.87. The third-order valence-electron chi connectivity index (χ3n) is 6.64. The fourth-order valence-electron chi connectivity index (χ4n) is 4.43. The Bertz CT molecular complexity index is 939. The number of anilines is 1. The Kier molecular flexibility index (Phi) is 16.8. The minimum absolute atomic E-state index is 0.118. The van der Waals surface area contributed by atoms with Crippen molar-refractivity contribution in [2.75, 3.05) is 18.6 Å². The largest absolute Gasteiger partial charge is 0.395 e. The highest BCUT2D eigenvalue weighted by Crippen LogP contribution is 2.22. The molecule has 0 aliphatic carbocycles. The molecule has 5 N–H and O–H groups in total. The molecule has 0 fully saturated rings. The van der Waals surface area contributed by atoms with Crippen LogP contribution < -0.4 is 21.5 Å². The Hall–Kier alpha value is -2.72. The monoisotopic (exact) mass is 560 g/mol. The van der Waals surface area contributed by atoms with Crippen molar-refractivity contribution in [3.8, 4) is 11.4 Å². The van der Waals surface area contributed by atoms with E-state index in [-0.39, 0.29) is 31.1 Å². The normalized spacial score (nSPS) is 11.0. The van der Waals surface area contributed by atoms with Crippen LogP contribution in [0.25, 0.3) is 11.4 Å². The van der Waals surface area contributed by atoms with Crippen LogP contribution in [0.1, 0.15) is 114 Å². The molecular formula is C29H48N6O3S. The van der Waals surface area contributed by atoms with Crippen LogP contribution in [0.5, 0.6) is 0 Å². The van der Waals surface area contributed by atoms with Crippen molar-refractivity contribution in [3.63, 3.8) is 0 Å². The van der Waals surface area contributed by atoms with Crippen molar-refractivity contribution in [2.45, 2.75) is 110 Å². The fourth-order valence-corrected chi connectivity index (χ4v) is 4.97. The van der Waals surface area contributed by atoms with Crippen LogP contribution in [0.4, 0.5) is 9.93 Å². The van der Waals surface area contributed by atoms with Crippen LogP contribution in [0.15, 0.2) is 24.3 Å². The summed E-state index contributed by atoms with van der Waals surface area (Å²) in [6.07, 6.45) is 16.9. The van der Waals surface area contributed by atoms with E-state index >= 15 is 0 Å². The predicted molar refractivity (Wildman–Crippen MR) is 160 cm³/mol. The molecule has 2 rings (SSSR count). The van der Waals surface area contributed by atoms with E-state index in [0.29, 0.717) is 22.1 Å². The molecule has 218 valence electrons. The van der Waals surface area contributed by atoms with E-state index < -0.39 is 0 Å². The average molecular weight is 561 g/mol. The van der Waals surface area contributed by atoms with Gasteiger partial charge in [-0.05, 0) is 25.0 Å². The van der Waals surface area contributed by atoms with Crippen molar-refractivity contribution in [3.05, 3.63) is 29.8 Å². The minimum atomic E-state index is -0.269. The molecule has 2 aromatic rings. The van der Waals surface area contributed by atoms with Gasteiger partial charge in [0.05, 0.1) is 6.61 Å². The minimum Gasteiger partial charge on any atom is -0.395 e. The summed E-state index contributed by atoms with van der Waals surface area (Å²) in [4.78, 5) is 29.3. The molecule has 0 saturated carbocycles. The smallest absolute Gasteiger partial charge is 0.333 e. The number of benzene rings is 1. The summed E-state index contributed by atoms with van der Waals surface area (Å²) in [5.41, 5.74) is 6.72. The van der Waals surface area contributed by atoms with Crippen LogP contribution >= 0.6 is 11.5 Å². The van der Waals surface area contributed by atoms with Gasteiger partial charge in [-0.3, -0.25) is 10.2 Å². The zero-order chi connectivity index (χ0) is 28.1. The second-order valence-corrected chi connectivity index (χ2v) is 10.8. The number of urea groups is 1. The van der Waals surface area contributed by atoms with Crippen LogP contribution in [0.2, 0.25) is 0 Å². The molecular weight excluding hydrogens is 512 g/mol. The topological polar surface area (TPSA) is 128 Å². The first-order valence-electron chi connectivity index (χ1n) is 14.7. The fraction of sp³-hybridized carbons (Fsp3) is 0.655. The third-order valence-corrected chi connectivity index (χ3v) is 7.27. The van der Waals surface area contributed by atoms with Gasteiger partial charge in [-0.25, -0.2) is 10.2 Å². The van der Waals surface area contributed by atoms with Gasteiger partial charge in [0.1, 0.15) is 0 Å². The SMILES string of the molecule is CCCCCCCCC(CCCCCCCC)NC(=O)NNc1nc(-c2cccc(C(=O)NCCO)c2)ns1. The zero-order valence-corrected chi connectivity index (χ0v) is 24.6. The highest BCUT2D eigenvalue weighted by molar-refractivity contribution is 7.09. The van der Waals surface area contributed by atoms with Crippen LogP contribution in [0, 0.1) is 0 Å². The highest BCUT2D eigenvalue weighted by atomic mass is 32.1. The van der Waals surface area contributed by atoms with E-state index in [1.165, 1.54) is 64.2 Å². The number of unbranched alkanes of at least 4 members (excludes halogenated alkanes) is 10.